The molecule has 0 aromatic heterocycles. The molecule has 2 aromatic carbocycles. The molecule has 0 fully saturated rings. The molecule has 1 N–H and O–H groups in total. The van der Waals surface area contributed by atoms with E-state index in [0.717, 1.165) is 14.9 Å². The lowest BCUT2D eigenvalue weighted by Crippen LogP contribution is -2.49. The van der Waals surface area contributed by atoms with Gasteiger partial charge in [-0.15, -0.1) is 0 Å². The topological polar surface area (TPSA) is 67.9 Å². The highest BCUT2D eigenvalue weighted by atomic mass is 127. The highest BCUT2D eigenvalue weighted by molar-refractivity contribution is 14.1. The summed E-state index contributed by atoms with van der Waals surface area (Å²) in [6.45, 7) is 6.52. The Kier molecular flexibility index (Phi) is 9.42. The van der Waals surface area contributed by atoms with Gasteiger partial charge in [-0.3, -0.25) is 9.59 Å². The molecule has 6 nitrogen and oxygen atoms in total. The first kappa shape index (κ1) is 24.0. The molecule has 7 heteroatoms. The van der Waals surface area contributed by atoms with E-state index in [2.05, 4.69) is 27.9 Å². The highest BCUT2D eigenvalue weighted by Crippen LogP contribution is 2.17. The van der Waals surface area contributed by atoms with Crippen LogP contribution in [0.3, 0.4) is 0 Å². The third-order valence-electron chi connectivity index (χ3n) is 4.54. The molecule has 0 saturated carbocycles. The molecule has 0 aliphatic carbocycles. The minimum absolute atomic E-state index is 0.140. The van der Waals surface area contributed by atoms with Gasteiger partial charge in [-0.1, -0.05) is 26.0 Å². The Balaban J connectivity index is 2.12. The number of rotatable bonds is 10. The Morgan fingerprint density at radius 1 is 1.00 bits per heavy atom. The van der Waals surface area contributed by atoms with Crippen molar-refractivity contribution in [3.8, 4) is 11.5 Å². The summed E-state index contributed by atoms with van der Waals surface area (Å²) >= 11 is 2.21. The molecule has 1 unspecified atom stereocenters. The number of hydrogen-bond acceptors (Lipinski definition) is 4. The van der Waals surface area contributed by atoms with Crippen molar-refractivity contribution < 1.29 is 19.1 Å². The van der Waals surface area contributed by atoms with Crippen molar-refractivity contribution in [2.24, 2.45) is 5.92 Å². The summed E-state index contributed by atoms with van der Waals surface area (Å²) in [4.78, 5) is 27.2. The zero-order valence-electron chi connectivity index (χ0n) is 17.9. The van der Waals surface area contributed by atoms with E-state index in [1.54, 1.807) is 18.9 Å². The quantitative estimate of drug-likeness (QED) is 0.480. The average Bonchev–Trinajstić information content (AvgIpc) is 2.75. The number of methoxy groups -OCH3 is 1. The molecule has 0 saturated heterocycles. The zero-order chi connectivity index (χ0) is 22.1. The van der Waals surface area contributed by atoms with Crippen LogP contribution >= 0.6 is 22.6 Å². The smallest absolute Gasteiger partial charge is 0.261 e. The van der Waals surface area contributed by atoms with Crippen LogP contribution in [0.1, 0.15) is 26.3 Å². The second-order valence-corrected chi connectivity index (χ2v) is 8.67. The van der Waals surface area contributed by atoms with Crippen molar-refractivity contribution >= 4 is 34.4 Å². The van der Waals surface area contributed by atoms with Gasteiger partial charge in [0.05, 0.1) is 7.11 Å². The second-order valence-electron chi connectivity index (χ2n) is 7.43. The summed E-state index contributed by atoms with van der Waals surface area (Å²) < 4.78 is 11.9. The van der Waals surface area contributed by atoms with Gasteiger partial charge in [0.15, 0.2) is 6.61 Å². The third kappa shape index (κ3) is 7.51. The SMILES string of the molecule is COc1ccc(CN(C(=O)COc2ccc(I)cc2)C(C)C(=O)NCC(C)C)cc1. The van der Waals surface area contributed by atoms with Gasteiger partial charge in [-0.2, -0.15) is 0 Å². The monoisotopic (exact) mass is 524 g/mol. The molecule has 0 heterocycles. The highest BCUT2D eigenvalue weighted by Gasteiger charge is 2.26. The Bertz CT molecular complexity index is 822. The number of carbonyl (C=O) groups is 2. The molecule has 2 rings (SSSR count). The number of benzene rings is 2. The second kappa shape index (κ2) is 11.8. The van der Waals surface area contributed by atoms with E-state index in [1.807, 2.05) is 62.4 Å². The maximum atomic E-state index is 13.0. The van der Waals surface area contributed by atoms with Gasteiger partial charge in [0.25, 0.3) is 5.91 Å². The van der Waals surface area contributed by atoms with Crippen LogP contribution in [-0.4, -0.2) is 43.0 Å². The van der Waals surface area contributed by atoms with Gasteiger partial charge >= 0.3 is 0 Å². The van der Waals surface area contributed by atoms with Crippen molar-refractivity contribution in [2.45, 2.75) is 33.4 Å². The van der Waals surface area contributed by atoms with Crippen molar-refractivity contribution in [3.05, 3.63) is 57.7 Å². The summed E-state index contributed by atoms with van der Waals surface area (Å²) in [6, 6.07) is 14.3. The molecule has 0 radical (unpaired) electrons. The van der Waals surface area contributed by atoms with Crippen LogP contribution in [-0.2, 0) is 16.1 Å². The fourth-order valence-corrected chi connectivity index (χ4v) is 3.08. The minimum Gasteiger partial charge on any atom is -0.497 e. The van der Waals surface area contributed by atoms with Crippen molar-refractivity contribution in [2.75, 3.05) is 20.3 Å². The first-order valence-corrected chi connectivity index (χ1v) is 11.0. The Morgan fingerprint density at radius 3 is 2.17 bits per heavy atom. The largest absolute Gasteiger partial charge is 0.497 e. The molecule has 1 atom stereocenters. The van der Waals surface area contributed by atoms with Gasteiger partial charge in [-0.05, 0) is 77.4 Å². The number of halogens is 1. The van der Waals surface area contributed by atoms with Crippen LogP contribution in [0.5, 0.6) is 11.5 Å². The number of ether oxygens (including phenoxy) is 2. The van der Waals surface area contributed by atoms with E-state index in [4.69, 9.17) is 9.47 Å². The zero-order valence-corrected chi connectivity index (χ0v) is 20.0. The van der Waals surface area contributed by atoms with Crippen molar-refractivity contribution in [1.82, 2.24) is 10.2 Å². The fourth-order valence-electron chi connectivity index (χ4n) is 2.72. The molecule has 162 valence electrons. The summed E-state index contributed by atoms with van der Waals surface area (Å²) in [5.74, 6) is 1.25. The van der Waals surface area contributed by atoms with Crippen LogP contribution in [0.4, 0.5) is 0 Å². The molecule has 30 heavy (non-hydrogen) atoms. The van der Waals surface area contributed by atoms with E-state index in [-0.39, 0.29) is 18.4 Å². The van der Waals surface area contributed by atoms with Gasteiger partial charge in [0, 0.05) is 16.7 Å². The predicted molar refractivity (Wildman–Crippen MR) is 126 cm³/mol. The van der Waals surface area contributed by atoms with Crippen LogP contribution in [0.15, 0.2) is 48.5 Å². The summed E-state index contributed by atoms with van der Waals surface area (Å²) in [7, 11) is 1.61. The molecule has 0 bridgehead atoms. The Morgan fingerprint density at radius 2 is 1.60 bits per heavy atom. The van der Waals surface area contributed by atoms with E-state index in [0.29, 0.717) is 24.8 Å². The standard InChI is InChI=1S/C23H29IN2O4/c1-16(2)13-25-23(28)17(3)26(14-18-5-9-20(29-4)10-6-18)22(27)15-30-21-11-7-19(24)8-12-21/h5-12,16-17H,13-15H2,1-4H3,(H,25,28). The van der Waals surface area contributed by atoms with E-state index in [9.17, 15) is 9.59 Å². The van der Waals surface area contributed by atoms with E-state index in [1.165, 1.54) is 0 Å². The predicted octanol–water partition coefficient (Wildman–Crippen LogP) is 3.87. The fraction of sp³-hybridized carbons (Fsp3) is 0.391. The molecule has 2 aromatic rings. The Labute approximate surface area is 192 Å². The lowest BCUT2D eigenvalue weighted by molar-refractivity contribution is -0.142. The average molecular weight is 524 g/mol. The summed E-state index contributed by atoms with van der Waals surface area (Å²) in [5.41, 5.74) is 0.905. The van der Waals surface area contributed by atoms with Crippen molar-refractivity contribution in [3.63, 3.8) is 0 Å². The number of nitrogens with one attached hydrogen (secondary N) is 1. The number of nitrogens with zero attached hydrogens (tertiary/aromatic N) is 1. The van der Waals surface area contributed by atoms with Crippen LogP contribution in [0.25, 0.3) is 0 Å². The van der Waals surface area contributed by atoms with Crippen LogP contribution in [0, 0.1) is 9.49 Å². The molecule has 0 spiro atoms. The Hall–Kier alpha value is -2.29. The first-order valence-electron chi connectivity index (χ1n) is 9.88. The number of carbonyl (C=O) groups excluding carboxylic acids is 2. The number of amides is 2. The molecule has 0 aliphatic heterocycles. The van der Waals surface area contributed by atoms with Gasteiger partial charge in [0.2, 0.25) is 5.91 Å². The van der Waals surface area contributed by atoms with Crippen LogP contribution < -0.4 is 14.8 Å². The van der Waals surface area contributed by atoms with E-state index < -0.39 is 6.04 Å². The first-order chi connectivity index (χ1) is 14.3. The van der Waals surface area contributed by atoms with Gasteiger partial charge < -0.3 is 19.7 Å². The maximum absolute atomic E-state index is 13.0. The van der Waals surface area contributed by atoms with Gasteiger partial charge in [-0.25, -0.2) is 0 Å². The van der Waals surface area contributed by atoms with Crippen LogP contribution in [0.2, 0.25) is 0 Å². The number of hydrogen-bond donors (Lipinski definition) is 1. The molecule has 0 aliphatic rings. The summed E-state index contributed by atoms with van der Waals surface area (Å²) in [6.07, 6.45) is 0. The van der Waals surface area contributed by atoms with Crippen molar-refractivity contribution in [1.29, 1.82) is 0 Å². The third-order valence-corrected chi connectivity index (χ3v) is 5.26. The van der Waals surface area contributed by atoms with E-state index >= 15 is 0 Å². The normalized spacial score (nSPS) is 11.7. The molecule has 2 amide bonds. The summed E-state index contributed by atoms with van der Waals surface area (Å²) in [5, 5.41) is 2.91. The van der Waals surface area contributed by atoms with Gasteiger partial charge in [0.1, 0.15) is 17.5 Å². The minimum atomic E-state index is -0.626. The maximum Gasteiger partial charge on any atom is 0.261 e. The lowest BCUT2D eigenvalue weighted by Gasteiger charge is -2.29. The molecular weight excluding hydrogens is 495 g/mol. The lowest BCUT2D eigenvalue weighted by atomic mass is 10.1. The molecular formula is C23H29IN2O4.